The number of carboxylic acids is 1. The monoisotopic (exact) mass is 298 g/mol. The van der Waals surface area contributed by atoms with Gasteiger partial charge in [0.25, 0.3) is 0 Å². The topological polar surface area (TPSA) is 46.5 Å². The van der Waals surface area contributed by atoms with Gasteiger partial charge in [0.05, 0.1) is 12.0 Å². The van der Waals surface area contributed by atoms with Gasteiger partial charge >= 0.3 is 5.97 Å². The quantitative estimate of drug-likeness (QED) is 0.877. The van der Waals surface area contributed by atoms with Crippen molar-refractivity contribution in [3.05, 3.63) is 65.2 Å². The van der Waals surface area contributed by atoms with Gasteiger partial charge in [0.1, 0.15) is 5.75 Å². The SMILES string of the molecule is CCOc1cccc(CC(C)(C(=O)O)c2ccccc2C)c1. The first-order valence-electron chi connectivity index (χ1n) is 7.48. The molecule has 0 saturated heterocycles. The third kappa shape index (κ3) is 3.30. The third-order valence-corrected chi connectivity index (χ3v) is 3.98. The maximum absolute atomic E-state index is 12.0. The summed E-state index contributed by atoms with van der Waals surface area (Å²) in [6.45, 7) is 6.26. The molecule has 2 aromatic rings. The van der Waals surface area contributed by atoms with Gasteiger partial charge in [0.15, 0.2) is 0 Å². The fourth-order valence-electron chi connectivity index (χ4n) is 2.80. The number of benzene rings is 2. The van der Waals surface area contributed by atoms with Gasteiger partial charge in [-0.25, -0.2) is 0 Å². The van der Waals surface area contributed by atoms with Crippen molar-refractivity contribution in [3.8, 4) is 5.75 Å². The van der Waals surface area contributed by atoms with Gasteiger partial charge in [-0.2, -0.15) is 0 Å². The van der Waals surface area contributed by atoms with Crippen LogP contribution >= 0.6 is 0 Å². The molecular weight excluding hydrogens is 276 g/mol. The standard InChI is InChI=1S/C19H22O3/c1-4-22-16-10-7-9-15(12-16)13-19(3,18(20)21)17-11-6-5-8-14(17)2/h5-12H,4,13H2,1-3H3,(H,20,21). The van der Waals surface area contributed by atoms with Gasteiger partial charge in [0.2, 0.25) is 0 Å². The summed E-state index contributed by atoms with van der Waals surface area (Å²) in [7, 11) is 0. The highest BCUT2D eigenvalue weighted by atomic mass is 16.5. The molecule has 0 aliphatic heterocycles. The fourth-order valence-corrected chi connectivity index (χ4v) is 2.80. The highest BCUT2D eigenvalue weighted by Crippen LogP contribution is 2.32. The lowest BCUT2D eigenvalue weighted by Crippen LogP contribution is -2.35. The molecule has 0 aliphatic rings. The average Bonchev–Trinajstić information content (AvgIpc) is 2.48. The molecule has 0 radical (unpaired) electrons. The summed E-state index contributed by atoms with van der Waals surface area (Å²) >= 11 is 0. The normalized spacial score (nSPS) is 13.4. The lowest BCUT2D eigenvalue weighted by molar-refractivity contribution is -0.143. The van der Waals surface area contributed by atoms with Crippen LogP contribution < -0.4 is 4.74 Å². The second-order valence-electron chi connectivity index (χ2n) is 5.71. The van der Waals surface area contributed by atoms with E-state index in [2.05, 4.69) is 0 Å². The molecule has 1 atom stereocenters. The Hall–Kier alpha value is -2.29. The Balaban J connectivity index is 2.39. The Morgan fingerprint density at radius 2 is 1.91 bits per heavy atom. The Morgan fingerprint density at radius 1 is 1.18 bits per heavy atom. The lowest BCUT2D eigenvalue weighted by atomic mass is 9.75. The maximum Gasteiger partial charge on any atom is 0.314 e. The van der Waals surface area contributed by atoms with E-state index in [-0.39, 0.29) is 0 Å². The summed E-state index contributed by atoms with van der Waals surface area (Å²) in [5.41, 5.74) is 1.84. The number of aryl methyl sites for hydroxylation is 1. The highest BCUT2D eigenvalue weighted by Gasteiger charge is 2.36. The maximum atomic E-state index is 12.0. The number of aliphatic carboxylic acids is 1. The van der Waals surface area contributed by atoms with Crippen molar-refractivity contribution in [2.24, 2.45) is 0 Å². The molecule has 0 aromatic heterocycles. The van der Waals surface area contributed by atoms with Gasteiger partial charge in [-0.1, -0.05) is 36.4 Å². The zero-order valence-corrected chi connectivity index (χ0v) is 13.3. The molecule has 2 aromatic carbocycles. The fraction of sp³-hybridized carbons (Fsp3) is 0.316. The van der Waals surface area contributed by atoms with Crippen LogP contribution in [0.15, 0.2) is 48.5 Å². The molecule has 0 aliphatic carbocycles. The van der Waals surface area contributed by atoms with Crippen LogP contribution in [-0.4, -0.2) is 17.7 Å². The smallest absolute Gasteiger partial charge is 0.314 e. The second kappa shape index (κ2) is 6.65. The summed E-state index contributed by atoms with van der Waals surface area (Å²) in [5, 5.41) is 9.81. The highest BCUT2D eigenvalue weighted by molar-refractivity contribution is 5.82. The molecule has 3 heteroatoms. The van der Waals surface area contributed by atoms with Crippen molar-refractivity contribution < 1.29 is 14.6 Å². The Kier molecular flexibility index (Phi) is 4.86. The number of hydrogen-bond donors (Lipinski definition) is 1. The van der Waals surface area contributed by atoms with Crippen molar-refractivity contribution in [2.75, 3.05) is 6.61 Å². The van der Waals surface area contributed by atoms with Crippen molar-refractivity contribution in [1.82, 2.24) is 0 Å². The van der Waals surface area contributed by atoms with Crippen molar-refractivity contribution in [2.45, 2.75) is 32.6 Å². The first kappa shape index (κ1) is 16.1. The zero-order valence-electron chi connectivity index (χ0n) is 13.3. The van der Waals surface area contributed by atoms with E-state index in [1.165, 1.54) is 0 Å². The largest absolute Gasteiger partial charge is 0.494 e. The van der Waals surface area contributed by atoms with Crippen LogP contribution in [0.2, 0.25) is 0 Å². The van der Waals surface area contributed by atoms with E-state index < -0.39 is 11.4 Å². The van der Waals surface area contributed by atoms with E-state index >= 15 is 0 Å². The van der Waals surface area contributed by atoms with Crippen LogP contribution in [-0.2, 0) is 16.6 Å². The lowest BCUT2D eigenvalue weighted by Gasteiger charge is -2.27. The molecule has 0 fully saturated rings. The summed E-state index contributed by atoms with van der Waals surface area (Å²) in [5.74, 6) is -0.0406. The van der Waals surface area contributed by atoms with Gasteiger partial charge in [-0.3, -0.25) is 4.79 Å². The van der Waals surface area contributed by atoms with E-state index in [9.17, 15) is 9.90 Å². The third-order valence-electron chi connectivity index (χ3n) is 3.98. The first-order chi connectivity index (χ1) is 10.5. The summed E-state index contributed by atoms with van der Waals surface area (Å²) < 4.78 is 5.50. The van der Waals surface area contributed by atoms with E-state index in [0.29, 0.717) is 13.0 Å². The zero-order chi connectivity index (χ0) is 16.2. The summed E-state index contributed by atoms with van der Waals surface area (Å²) in [6.07, 6.45) is 0.425. The van der Waals surface area contributed by atoms with Crippen LogP contribution in [0, 0.1) is 6.92 Å². The van der Waals surface area contributed by atoms with E-state index in [0.717, 1.165) is 22.4 Å². The predicted octanol–water partition coefficient (Wildman–Crippen LogP) is 3.98. The molecule has 1 N–H and O–H groups in total. The van der Waals surface area contributed by atoms with Crippen LogP contribution in [0.3, 0.4) is 0 Å². The Labute approximate surface area is 131 Å². The van der Waals surface area contributed by atoms with Crippen molar-refractivity contribution in [3.63, 3.8) is 0 Å². The molecule has 22 heavy (non-hydrogen) atoms. The van der Waals surface area contributed by atoms with Crippen molar-refractivity contribution in [1.29, 1.82) is 0 Å². The molecule has 0 saturated carbocycles. The minimum absolute atomic E-state index is 0.425. The molecule has 0 amide bonds. The van der Waals surface area contributed by atoms with Gasteiger partial charge in [0, 0.05) is 0 Å². The number of carboxylic acid groups (broad SMARTS) is 1. The number of carbonyl (C=O) groups is 1. The van der Waals surface area contributed by atoms with Gasteiger partial charge < -0.3 is 9.84 Å². The summed E-state index contributed by atoms with van der Waals surface area (Å²) in [4.78, 5) is 12.0. The molecule has 0 heterocycles. The van der Waals surface area contributed by atoms with Crippen LogP contribution in [0.25, 0.3) is 0 Å². The minimum atomic E-state index is -0.962. The molecule has 0 spiro atoms. The molecular formula is C19H22O3. The van der Waals surface area contributed by atoms with Crippen molar-refractivity contribution >= 4 is 5.97 Å². The van der Waals surface area contributed by atoms with Crippen LogP contribution in [0.4, 0.5) is 0 Å². The molecule has 0 bridgehead atoms. The number of hydrogen-bond acceptors (Lipinski definition) is 2. The van der Waals surface area contributed by atoms with Gasteiger partial charge in [-0.05, 0) is 56.0 Å². The molecule has 1 unspecified atom stereocenters. The van der Waals surface area contributed by atoms with Crippen LogP contribution in [0.1, 0.15) is 30.5 Å². The number of rotatable bonds is 6. The minimum Gasteiger partial charge on any atom is -0.494 e. The second-order valence-corrected chi connectivity index (χ2v) is 5.71. The average molecular weight is 298 g/mol. The number of ether oxygens (including phenoxy) is 1. The van der Waals surface area contributed by atoms with Gasteiger partial charge in [-0.15, -0.1) is 0 Å². The summed E-state index contributed by atoms with van der Waals surface area (Å²) in [6, 6.07) is 15.3. The first-order valence-corrected chi connectivity index (χ1v) is 7.48. The van der Waals surface area contributed by atoms with E-state index in [4.69, 9.17) is 4.74 Å². The van der Waals surface area contributed by atoms with E-state index in [1.54, 1.807) is 6.92 Å². The molecule has 116 valence electrons. The Morgan fingerprint density at radius 3 is 2.55 bits per heavy atom. The van der Waals surface area contributed by atoms with E-state index in [1.807, 2.05) is 62.4 Å². The predicted molar refractivity (Wildman–Crippen MR) is 87.5 cm³/mol. The molecule has 3 nitrogen and oxygen atoms in total. The Bertz CT molecular complexity index is 663. The molecule has 2 rings (SSSR count). The van der Waals surface area contributed by atoms with Crippen LogP contribution in [0.5, 0.6) is 5.75 Å².